The maximum Gasteiger partial charge on any atom is 0.0989 e. The normalized spacial score (nSPS) is 26.0. The second-order valence-electron chi connectivity index (χ2n) is 4.64. The van der Waals surface area contributed by atoms with E-state index in [1.54, 1.807) is 12.5 Å². The van der Waals surface area contributed by atoms with Gasteiger partial charge in [-0.25, -0.2) is 4.98 Å². The Morgan fingerprint density at radius 1 is 1.50 bits per heavy atom. The Morgan fingerprint density at radius 2 is 2.38 bits per heavy atom. The largest absolute Gasteiger partial charge is 0.310 e. The van der Waals surface area contributed by atoms with E-state index in [9.17, 15) is 0 Å². The molecule has 82 valence electrons. The Bertz CT molecular complexity index is 463. The van der Waals surface area contributed by atoms with Crippen LogP contribution in [0, 0.1) is 5.41 Å². The highest BCUT2D eigenvalue weighted by molar-refractivity contribution is 5.49. The highest BCUT2D eigenvalue weighted by atomic mass is 15.2. The van der Waals surface area contributed by atoms with Crippen LogP contribution in [0.1, 0.15) is 25.7 Å². The van der Waals surface area contributed by atoms with Crippen molar-refractivity contribution < 1.29 is 0 Å². The third-order valence-corrected chi connectivity index (χ3v) is 3.76. The number of nitrogens with zero attached hydrogens (tertiary/aromatic N) is 5. The summed E-state index contributed by atoms with van der Waals surface area (Å²) in [6.45, 7) is 0. The molecule has 5 nitrogen and oxygen atoms in total. The van der Waals surface area contributed by atoms with Crippen LogP contribution < -0.4 is 0 Å². The van der Waals surface area contributed by atoms with E-state index >= 15 is 0 Å². The molecule has 0 radical (unpaired) electrons. The Hall–Kier alpha value is -1.74. The van der Waals surface area contributed by atoms with E-state index in [-0.39, 0.29) is 11.5 Å². The van der Waals surface area contributed by atoms with Crippen LogP contribution in [-0.4, -0.2) is 15.6 Å². The van der Waals surface area contributed by atoms with E-state index in [0.29, 0.717) is 0 Å². The highest BCUT2D eigenvalue weighted by Gasteiger charge is 2.49. The van der Waals surface area contributed by atoms with Crippen molar-refractivity contribution in [2.24, 2.45) is 10.5 Å². The minimum absolute atomic E-state index is 0.0312. The number of hydrogen-bond donors (Lipinski definition) is 0. The van der Waals surface area contributed by atoms with E-state index in [1.165, 1.54) is 18.5 Å². The van der Waals surface area contributed by atoms with Gasteiger partial charge >= 0.3 is 0 Å². The number of azide groups is 1. The molecule has 1 saturated carbocycles. The van der Waals surface area contributed by atoms with E-state index < -0.39 is 0 Å². The van der Waals surface area contributed by atoms with Gasteiger partial charge in [0.25, 0.3) is 0 Å². The minimum Gasteiger partial charge on any atom is -0.310 e. The summed E-state index contributed by atoms with van der Waals surface area (Å²) in [5.74, 6) is 0. The first-order chi connectivity index (χ1) is 7.84. The number of allylic oxidation sites excluding steroid dienone is 1. The van der Waals surface area contributed by atoms with Crippen molar-refractivity contribution in [1.29, 1.82) is 0 Å². The fraction of sp³-hybridized carbons (Fsp3) is 0.545. The Balaban J connectivity index is 1.94. The van der Waals surface area contributed by atoms with Gasteiger partial charge in [-0.3, -0.25) is 0 Å². The summed E-state index contributed by atoms with van der Waals surface area (Å²) in [6.07, 6.45) is 12.2. The standard InChI is InChI=1S/C11H13N5/c12-15-14-10-7-9(16-6-5-13-8-16)1-2-11(10)3-4-11/h5-8,10H,1-4H2. The Labute approximate surface area is 93.4 Å². The molecule has 3 rings (SSSR count). The predicted octanol–water partition coefficient (Wildman–Crippen LogP) is 2.98. The maximum absolute atomic E-state index is 8.61. The van der Waals surface area contributed by atoms with Crippen molar-refractivity contribution in [1.82, 2.24) is 9.55 Å². The molecule has 1 aromatic heterocycles. The molecule has 1 spiro atoms. The molecule has 0 bridgehead atoms. The summed E-state index contributed by atoms with van der Waals surface area (Å²) in [7, 11) is 0. The molecule has 1 atom stereocenters. The van der Waals surface area contributed by atoms with Crippen LogP contribution in [0.2, 0.25) is 0 Å². The van der Waals surface area contributed by atoms with Crippen molar-refractivity contribution in [2.75, 3.05) is 0 Å². The van der Waals surface area contributed by atoms with Crippen LogP contribution in [0.3, 0.4) is 0 Å². The van der Waals surface area contributed by atoms with Crippen LogP contribution in [0.4, 0.5) is 0 Å². The van der Waals surface area contributed by atoms with Gasteiger partial charge in [-0.05, 0) is 36.6 Å². The number of aromatic nitrogens is 2. The fourth-order valence-electron chi connectivity index (χ4n) is 2.53. The van der Waals surface area contributed by atoms with Crippen molar-refractivity contribution >= 4 is 5.70 Å². The first-order valence-electron chi connectivity index (χ1n) is 5.57. The molecule has 2 aliphatic rings. The molecule has 0 aliphatic heterocycles. The fourth-order valence-corrected chi connectivity index (χ4v) is 2.53. The van der Waals surface area contributed by atoms with Crippen LogP contribution >= 0.6 is 0 Å². The third kappa shape index (κ3) is 1.41. The molecule has 0 aromatic carbocycles. The summed E-state index contributed by atoms with van der Waals surface area (Å²) < 4.78 is 2.01. The van der Waals surface area contributed by atoms with Crippen molar-refractivity contribution in [2.45, 2.75) is 31.7 Å². The molecular formula is C11H13N5. The molecule has 1 aromatic rings. The molecule has 0 N–H and O–H groups in total. The van der Waals surface area contributed by atoms with E-state index in [4.69, 9.17) is 5.53 Å². The summed E-state index contributed by atoms with van der Waals surface area (Å²) in [5.41, 5.74) is 10.1. The van der Waals surface area contributed by atoms with E-state index in [2.05, 4.69) is 21.1 Å². The molecular weight excluding hydrogens is 202 g/mol. The second-order valence-corrected chi connectivity index (χ2v) is 4.64. The van der Waals surface area contributed by atoms with E-state index in [0.717, 1.165) is 12.8 Å². The smallest absolute Gasteiger partial charge is 0.0989 e. The first kappa shape index (κ1) is 9.48. The van der Waals surface area contributed by atoms with Gasteiger partial charge in [0, 0.05) is 23.0 Å². The van der Waals surface area contributed by atoms with Crippen molar-refractivity contribution in [3.8, 4) is 0 Å². The zero-order valence-electron chi connectivity index (χ0n) is 8.95. The average molecular weight is 215 g/mol. The lowest BCUT2D eigenvalue weighted by Crippen LogP contribution is -2.23. The maximum atomic E-state index is 8.61. The topological polar surface area (TPSA) is 66.6 Å². The summed E-state index contributed by atoms with van der Waals surface area (Å²) >= 11 is 0. The lowest BCUT2D eigenvalue weighted by Gasteiger charge is -2.27. The Kier molecular flexibility index (Phi) is 2.01. The van der Waals surface area contributed by atoms with Crippen molar-refractivity contribution in [3.05, 3.63) is 35.2 Å². The van der Waals surface area contributed by atoms with Gasteiger partial charge in [0.1, 0.15) is 0 Å². The Morgan fingerprint density at radius 3 is 3.00 bits per heavy atom. The van der Waals surface area contributed by atoms with Crippen molar-refractivity contribution in [3.63, 3.8) is 0 Å². The van der Waals surface area contributed by atoms with Gasteiger partial charge in [-0.1, -0.05) is 11.2 Å². The summed E-state index contributed by atoms with van der Waals surface area (Å²) in [5, 5.41) is 3.93. The van der Waals surface area contributed by atoms with Crippen LogP contribution in [0.15, 0.2) is 29.9 Å². The van der Waals surface area contributed by atoms with E-state index in [1.807, 2.05) is 10.8 Å². The quantitative estimate of drug-likeness (QED) is 0.425. The molecule has 16 heavy (non-hydrogen) atoms. The zero-order chi connectivity index (χ0) is 11.0. The summed E-state index contributed by atoms with van der Waals surface area (Å²) in [6, 6.07) is 0.0312. The molecule has 0 saturated heterocycles. The first-order valence-corrected chi connectivity index (χ1v) is 5.57. The molecule has 2 aliphatic carbocycles. The number of hydrogen-bond acceptors (Lipinski definition) is 2. The number of rotatable bonds is 2. The third-order valence-electron chi connectivity index (χ3n) is 3.76. The van der Waals surface area contributed by atoms with Gasteiger partial charge in [0.15, 0.2) is 0 Å². The zero-order valence-corrected chi connectivity index (χ0v) is 8.95. The second kappa shape index (κ2) is 3.39. The average Bonchev–Trinajstić information content (AvgIpc) is 2.87. The van der Waals surface area contributed by atoms with Gasteiger partial charge in [0.2, 0.25) is 0 Å². The number of imidazole rings is 1. The minimum atomic E-state index is 0.0312. The van der Waals surface area contributed by atoms with Crippen LogP contribution in [-0.2, 0) is 0 Å². The lowest BCUT2D eigenvalue weighted by molar-refractivity contribution is 0.404. The molecule has 0 amide bonds. The molecule has 1 unspecified atom stereocenters. The highest BCUT2D eigenvalue weighted by Crippen LogP contribution is 2.57. The van der Waals surface area contributed by atoms with Gasteiger partial charge in [0.05, 0.1) is 12.4 Å². The van der Waals surface area contributed by atoms with Gasteiger partial charge < -0.3 is 4.57 Å². The van der Waals surface area contributed by atoms with Gasteiger partial charge in [-0.2, -0.15) is 0 Å². The lowest BCUT2D eigenvalue weighted by atomic mass is 9.85. The monoisotopic (exact) mass is 215 g/mol. The predicted molar refractivity (Wildman–Crippen MR) is 60.3 cm³/mol. The van der Waals surface area contributed by atoms with Gasteiger partial charge in [-0.15, -0.1) is 0 Å². The molecule has 1 fully saturated rings. The molecule has 5 heteroatoms. The van der Waals surface area contributed by atoms with Crippen LogP contribution in [0.25, 0.3) is 16.1 Å². The SMILES string of the molecule is [N-]=[N+]=NC1C=C(n2ccnc2)CCC12CC2. The molecule has 1 heterocycles. The summed E-state index contributed by atoms with van der Waals surface area (Å²) in [4.78, 5) is 7.01. The van der Waals surface area contributed by atoms with Crippen LogP contribution in [0.5, 0.6) is 0 Å².